The second-order valence-electron chi connectivity index (χ2n) is 8.50. The first-order valence-electron chi connectivity index (χ1n) is 11.0. The zero-order valence-corrected chi connectivity index (χ0v) is 19.4. The number of para-hydroxylation sites is 1. The van der Waals surface area contributed by atoms with Gasteiger partial charge < -0.3 is 14.9 Å². The molecule has 0 aliphatic heterocycles. The zero-order chi connectivity index (χ0) is 24.3. The molecule has 174 valence electrons. The summed E-state index contributed by atoms with van der Waals surface area (Å²) >= 11 is 0. The van der Waals surface area contributed by atoms with Crippen LogP contribution in [-0.2, 0) is 16.0 Å². The summed E-state index contributed by atoms with van der Waals surface area (Å²) in [5.74, 6) is -0.595. The van der Waals surface area contributed by atoms with Gasteiger partial charge >= 0.3 is 11.9 Å². The van der Waals surface area contributed by atoms with Crippen molar-refractivity contribution in [2.45, 2.75) is 39.5 Å². The van der Waals surface area contributed by atoms with Gasteiger partial charge in [0.15, 0.2) is 0 Å². The number of aliphatic carboxylic acids is 2. The Bertz CT molecular complexity index is 1010. The van der Waals surface area contributed by atoms with Gasteiger partial charge in [-0.25, -0.2) is 0 Å². The Morgan fingerprint density at radius 1 is 0.848 bits per heavy atom. The van der Waals surface area contributed by atoms with Gasteiger partial charge in [-0.2, -0.15) is 0 Å². The Morgan fingerprint density at radius 3 is 1.97 bits per heavy atom. The number of hydrogen-bond acceptors (Lipinski definition) is 3. The van der Waals surface area contributed by atoms with Crippen LogP contribution in [0.1, 0.15) is 49.8 Å². The van der Waals surface area contributed by atoms with E-state index in [1.807, 2.05) is 72.8 Å². The third kappa shape index (κ3) is 8.45. The Hall–Kier alpha value is -3.60. The third-order valence-electron chi connectivity index (χ3n) is 5.48. The fourth-order valence-corrected chi connectivity index (χ4v) is 3.25. The lowest BCUT2D eigenvalue weighted by atomic mass is 9.89. The number of carboxylic acid groups (broad SMARTS) is 2. The van der Waals surface area contributed by atoms with Crippen LogP contribution in [0.3, 0.4) is 0 Å². The van der Waals surface area contributed by atoms with Crippen LogP contribution in [-0.4, -0.2) is 28.8 Å². The highest BCUT2D eigenvalue weighted by Crippen LogP contribution is 2.27. The highest BCUT2D eigenvalue weighted by molar-refractivity contribution is 5.73. The van der Waals surface area contributed by atoms with Crippen LogP contribution in [0.5, 0.6) is 5.75 Å². The lowest BCUT2D eigenvalue weighted by Crippen LogP contribution is -2.25. The number of carboxylic acids is 2. The summed E-state index contributed by atoms with van der Waals surface area (Å²) in [7, 11) is 0. The van der Waals surface area contributed by atoms with E-state index in [1.54, 1.807) is 13.8 Å². The average molecular weight is 449 g/mol. The Morgan fingerprint density at radius 2 is 1.39 bits per heavy atom. The number of ether oxygens (including phenoxy) is 1. The normalized spacial score (nSPS) is 11.6. The molecular weight excluding hydrogens is 416 g/mol. The summed E-state index contributed by atoms with van der Waals surface area (Å²) in [6, 6.07) is 27.3. The van der Waals surface area contributed by atoms with Gasteiger partial charge in [-0.1, -0.05) is 79.7 Å². The number of carbonyl (C=O) groups is 2. The van der Waals surface area contributed by atoms with E-state index in [1.165, 1.54) is 5.56 Å². The van der Waals surface area contributed by atoms with Crippen molar-refractivity contribution < 1.29 is 24.5 Å². The quantitative estimate of drug-likeness (QED) is 0.417. The van der Waals surface area contributed by atoms with Gasteiger partial charge in [-0.15, -0.1) is 0 Å². The molecule has 0 radical (unpaired) electrons. The van der Waals surface area contributed by atoms with Crippen LogP contribution in [0.15, 0.2) is 84.9 Å². The van der Waals surface area contributed by atoms with Gasteiger partial charge in [-0.3, -0.25) is 9.59 Å². The molecule has 3 aromatic rings. The van der Waals surface area contributed by atoms with Gasteiger partial charge in [0.05, 0.1) is 18.4 Å². The van der Waals surface area contributed by atoms with E-state index in [0.29, 0.717) is 13.0 Å². The van der Waals surface area contributed by atoms with Crippen molar-refractivity contribution in [2.24, 2.45) is 5.41 Å². The Balaban J connectivity index is 0.000000238. The zero-order valence-electron chi connectivity index (χ0n) is 19.4. The first-order chi connectivity index (χ1) is 15.7. The lowest BCUT2D eigenvalue weighted by molar-refractivity contribution is -0.147. The molecule has 0 aliphatic carbocycles. The minimum absolute atomic E-state index is 0.0767. The van der Waals surface area contributed by atoms with Crippen molar-refractivity contribution in [2.75, 3.05) is 6.61 Å². The molecule has 5 heteroatoms. The van der Waals surface area contributed by atoms with Crippen molar-refractivity contribution in [1.29, 1.82) is 0 Å². The smallest absolute Gasteiger partial charge is 0.309 e. The van der Waals surface area contributed by atoms with E-state index in [9.17, 15) is 9.59 Å². The van der Waals surface area contributed by atoms with Crippen molar-refractivity contribution >= 4 is 11.9 Å². The Kier molecular flexibility index (Phi) is 9.67. The molecule has 0 amide bonds. The second kappa shape index (κ2) is 12.4. The molecule has 0 bridgehead atoms. The molecule has 0 saturated carbocycles. The van der Waals surface area contributed by atoms with Gasteiger partial charge in [-0.05, 0) is 49.1 Å². The topological polar surface area (TPSA) is 83.8 Å². The first kappa shape index (κ1) is 25.7. The second-order valence-corrected chi connectivity index (χ2v) is 8.50. The molecule has 5 nitrogen and oxygen atoms in total. The van der Waals surface area contributed by atoms with Crippen molar-refractivity contribution in [1.82, 2.24) is 0 Å². The van der Waals surface area contributed by atoms with E-state index in [-0.39, 0.29) is 12.3 Å². The van der Waals surface area contributed by atoms with Gasteiger partial charge in [0.2, 0.25) is 0 Å². The maximum atomic E-state index is 10.9. The number of rotatable bonds is 9. The molecule has 1 unspecified atom stereocenters. The molecule has 2 N–H and O–H groups in total. The van der Waals surface area contributed by atoms with Crippen LogP contribution in [0.4, 0.5) is 0 Å². The molecular formula is C28H32O5. The Labute approximate surface area is 195 Å². The summed E-state index contributed by atoms with van der Waals surface area (Å²) in [4.78, 5) is 21.7. The van der Waals surface area contributed by atoms with Crippen LogP contribution < -0.4 is 4.74 Å². The van der Waals surface area contributed by atoms with Gasteiger partial charge in [0.25, 0.3) is 0 Å². The fourth-order valence-electron chi connectivity index (χ4n) is 3.25. The summed E-state index contributed by atoms with van der Waals surface area (Å²) in [6.07, 6.45) is 0.574. The number of hydrogen-bond donors (Lipinski definition) is 2. The molecule has 3 aromatic carbocycles. The molecule has 33 heavy (non-hydrogen) atoms. The van der Waals surface area contributed by atoms with E-state index in [0.717, 1.165) is 16.9 Å². The predicted octanol–water partition coefficient (Wildman–Crippen LogP) is 6.03. The summed E-state index contributed by atoms with van der Waals surface area (Å²) in [5, 5.41) is 17.8. The molecule has 1 atom stereocenters. The largest absolute Gasteiger partial charge is 0.494 e. The van der Waals surface area contributed by atoms with Crippen LogP contribution >= 0.6 is 0 Å². The van der Waals surface area contributed by atoms with Gasteiger partial charge in [0.1, 0.15) is 5.75 Å². The molecule has 0 fully saturated rings. The van der Waals surface area contributed by atoms with Crippen molar-refractivity contribution in [3.05, 3.63) is 102 Å². The minimum atomic E-state index is -0.792. The van der Waals surface area contributed by atoms with Crippen LogP contribution in [0.25, 0.3) is 0 Å². The average Bonchev–Trinajstić information content (AvgIpc) is 2.80. The molecule has 0 heterocycles. The van der Waals surface area contributed by atoms with E-state index >= 15 is 0 Å². The summed E-state index contributed by atoms with van der Waals surface area (Å²) in [6.45, 7) is 5.92. The molecule has 0 saturated heterocycles. The maximum absolute atomic E-state index is 10.9. The SMILES string of the molecule is CC(C)(CCOc1ccccc1)C(=O)O.CC(c1ccccc1)c1ccccc1CC(=O)O. The monoisotopic (exact) mass is 448 g/mol. The third-order valence-corrected chi connectivity index (χ3v) is 5.48. The number of benzene rings is 3. The lowest BCUT2D eigenvalue weighted by Gasteiger charge is -2.18. The predicted molar refractivity (Wildman–Crippen MR) is 130 cm³/mol. The van der Waals surface area contributed by atoms with Gasteiger partial charge in [0, 0.05) is 5.92 Å². The summed E-state index contributed by atoms with van der Waals surface area (Å²) < 4.78 is 5.43. The van der Waals surface area contributed by atoms with E-state index < -0.39 is 17.4 Å². The standard InChI is InChI=1S/C16H16O2.C12H16O3/c1-12(13-7-3-2-4-8-13)15-10-6-5-9-14(15)11-16(17)18;1-12(2,11(13)14)8-9-15-10-6-4-3-5-7-10/h2-10,12H,11H2,1H3,(H,17,18);3-7H,8-9H2,1-2H3,(H,13,14). The van der Waals surface area contributed by atoms with E-state index in [2.05, 4.69) is 19.1 Å². The van der Waals surface area contributed by atoms with E-state index in [4.69, 9.17) is 14.9 Å². The van der Waals surface area contributed by atoms with Crippen molar-refractivity contribution in [3.63, 3.8) is 0 Å². The van der Waals surface area contributed by atoms with Crippen molar-refractivity contribution in [3.8, 4) is 5.75 Å². The highest BCUT2D eigenvalue weighted by atomic mass is 16.5. The molecule has 0 aliphatic rings. The maximum Gasteiger partial charge on any atom is 0.309 e. The molecule has 0 spiro atoms. The highest BCUT2D eigenvalue weighted by Gasteiger charge is 2.26. The minimum Gasteiger partial charge on any atom is -0.494 e. The molecule has 3 rings (SSSR count). The first-order valence-corrected chi connectivity index (χ1v) is 11.0. The van der Waals surface area contributed by atoms with Crippen LogP contribution in [0.2, 0.25) is 0 Å². The molecule has 0 aromatic heterocycles. The summed E-state index contributed by atoms with van der Waals surface area (Å²) in [5.41, 5.74) is 2.46. The fraction of sp³-hybridized carbons (Fsp3) is 0.286. The van der Waals surface area contributed by atoms with Crippen LogP contribution in [0, 0.1) is 5.41 Å².